The Kier molecular flexibility index (Phi) is 6.10. The number of aromatic nitrogens is 1. The molecule has 9 heteroatoms. The van der Waals surface area contributed by atoms with E-state index in [1.165, 1.54) is 6.07 Å². The minimum absolute atomic E-state index is 0.118. The second-order valence-electron chi connectivity index (χ2n) is 7.55. The Morgan fingerprint density at radius 1 is 0.900 bits per heavy atom. The Bertz CT molecular complexity index is 873. The molecule has 1 saturated carbocycles. The molecule has 1 amide bonds. The molecular weight excluding hydrogens is 410 g/mol. The molecule has 0 unspecified atom stereocenters. The van der Waals surface area contributed by atoms with Crippen LogP contribution in [-0.2, 0) is 0 Å². The number of rotatable bonds is 3. The number of nitrogens with zero attached hydrogens (tertiary/aromatic N) is 1. The summed E-state index contributed by atoms with van der Waals surface area (Å²) in [6, 6.07) is 11.0. The number of carbonyl (C=O) groups is 1. The minimum atomic E-state index is -4.75. The van der Waals surface area contributed by atoms with Gasteiger partial charge in [-0.1, -0.05) is 30.3 Å². The maximum atomic E-state index is 13.1. The molecular formula is C21H20F6N2O. The minimum Gasteiger partial charge on any atom is -0.349 e. The Labute approximate surface area is 169 Å². The van der Waals surface area contributed by atoms with Crippen LogP contribution in [-0.4, -0.2) is 29.3 Å². The molecule has 0 spiro atoms. The number of pyridine rings is 1. The van der Waals surface area contributed by atoms with Gasteiger partial charge in [-0.2, -0.15) is 26.3 Å². The van der Waals surface area contributed by atoms with E-state index in [0.29, 0.717) is 11.4 Å². The maximum absolute atomic E-state index is 13.1. The number of benzene rings is 1. The van der Waals surface area contributed by atoms with Gasteiger partial charge < -0.3 is 5.32 Å². The summed E-state index contributed by atoms with van der Waals surface area (Å²) in [6.07, 6.45) is -11.7. The van der Waals surface area contributed by atoms with E-state index in [4.69, 9.17) is 0 Å². The van der Waals surface area contributed by atoms with Gasteiger partial charge >= 0.3 is 12.4 Å². The number of aryl methyl sites for hydroxylation is 1. The van der Waals surface area contributed by atoms with Crippen molar-refractivity contribution in [1.82, 2.24) is 10.3 Å². The van der Waals surface area contributed by atoms with Crippen LogP contribution in [0.2, 0.25) is 0 Å². The van der Waals surface area contributed by atoms with Crippen molar-refractivity contribution in [1.29, 1.82) is 0 Å². The van der Waals surface area contributed by atoms with Crippen LogP contribution in [0.15, 0.2) is 42.5 Å². The number of amides is 1. The Morgan fingerprint density at radius 3 is 1.97 bits per heavy atom. The molecule has 1 aromatic heterocycles. The Balaban J connectivity index is 1.77. The Morgan fingerprint density at radius 2 is 1.47 bits per heavy atom. The highest BCUT2D eigenvalue weighted by molar-refractivity contribution is 5.95. The SMILES string of the molecule is Cc1nc(-c2ccccc2)ccc1C(=O)NC1C[C@H](C(F)(F)F)C[C@@H](C(F)(F)F)C1. The molecule has 0 aliphatic heterocycles. The van der Waals surface area contributed by atoms with Crippen molar-refractivity contribution in [2.75, 3.05) is 0 Å². The smallest absolute Gasteiger partial charge is 0.349 e. The summed E-state index contributed by atoms with van der Waals surface area (Å²) in [5, 5.41) is 2.36. The zero-order valence-corrected chi connectivity index (χ0v) is 16.0. The zero-order chi connectivity index (χ0) is 22.1. The van der Waals surface area contributed by atoms with E-state index in [1.807, 2.05) is 30.3 Å². The van der Waals surface area contributed by atoms with Crippen LogP contribution in [0.1, 0.15) is 35.3 Å². The largest absolute Gasteiger partial charge is 0.391 e. The molecule has 1 fully saturated rings. The third-order valence-electron chi connectivity index (χ3n) is 5.37. The average Bonchev–Trinajstić information content (AvgIpc) is 2.67. The second-order valence-corrected chi connectivity index (χ2v) is 7.55. The first-order valence-corrected chi connectivity index (χ1v) is 9.42. The average molecular weight is 430 g/mol. The lowest BCUT2D eigenvalue weighted by atomic mass is 9.77. The van der Waals surface area contributed by atoms with E-state index in [9.17, 15) is 31.1 Å². The number of hydrogen-bond donors (Lipinski definition) is 1. The summed E-state index contributed by atoms with van der Waals surface area (Å²) in [6.45, 7) is 1.57. The first-order chi connectivity index (χ1) is 13.9. The molecule has 2 aromatic rings. The van der Waals surface area contributed by atoms with Gasteiger partial charge in [0.2, 0.25) is 0 Å². The lowest BCUT2D eigenvalue weighted by Gasteiger charge is -2.37. The van der Waals surface area contributed by atoms with Gasteiger partial charge in [0.25, 0.3) is 5.91 Å². The molecule has 1 heterocycles. The molecule has 0 bridgehead atoms. The van der Waals surface area contributed by atoms with Crippen LogP contribution in [0.3, 0.4) is 0 Å². The van der Waals surface area contributed by atoms with Crippen molar-refractivity contribution in [2.24, 2.45) is 11.8 Å². The normalized spacial score (nSPS) is 22.6. The number of nitrogens with one attached hydrogen (secondary N) is 1. The summed E-state index contributed by atoms with van der Waals surface area (Å²) in [4.78, 5) is 16.9. The van der Waals surface area contributed by atoms with Gasteiger partial charge in [-0.15, -0.1) is 0 Å². The predicted molar refractivity (Wildman–Crippen MR) is 98.6 cm³/mol. The van der Waals surface area contributed by atoms with Crippen molar-refractivity contribution < 1.29 is 31.1 Å². The molecule has 1 aliphatic carbocycles. The van der Waals surface area contributed by atoms with Crippen LogP contribution < -0.4 is 5.32 Å². The molecule has 162 valence electrons. The molecule has 1 N–H and O–H groups in total. The molecule has 30 heavy (non-hydrogen) atoms. The van der Waals surface area contributed by atoms with E-state index < -0.39 is 55.4 Å². The number of alkyl halides is 6. The highest BCUT2D eigenvalue weighted by atomic mass is 19.4. The van der Waals surface area contributed by atoms with Gasteiger partial charge in [0.1, 0.15) is 0 Å². The van der Waals surface area contributed by atoms with Crippen molar-refractivity contribution in [3.63, 3.8) is 0 Å². The third-order valence-corrected chi connectivity index (χ3v) is 5.37. The lowest BCUT2D eigenvalue weighted by molar-refractivity contribution is -0.225. The van der Waals surface area contributed by atoms with Gasteiger partial charge in [0.05, 0.1) is 28.8 Å². The Hall–Kier alpha value is -2.58. The third kappa shape index (κ3) is 5.12. The lowest BCUT2D eigenvalue weighted by Crippen LogP contribution is -2.47. The van der Waals surface area contributed by atoms with E-state index in [0.717, 1.165) is 5.56 Å². The first-order valence-electron chi connectivity index (χ1n) is 9.42. The predicted octanol–water partition coefficient (Wildman–Crippen LogP) is 5.70. The van der Waals surface area contributed by atoms with E-state index >= 15 is 0 Å². The van der Waals surface area contributed by atoms with Crippen LogP contribution in [0, 0.1) is 18.8 Å². The fraction of sp³-hybridized carbons (Fsp3) is 0.429. The van der Waals surface area contributed by atoms with Gasteiger partial charge in [0.15, 0.2) is 0 Å². The molecule has 3 rings (SSSR count). The monoisotopic (exact) mass is 430 g/mol. The van der Waals surface area contributed by atoms with Crippen molar-refractivity contribution >= 4 is 5.91 Å². The van der Waals surface area contributed by atoms with Crippen LogP contribution >= 0.6 is 0 Å². The summed E-state index contributed by atoms with van der Waals surface area (Å²) >= 11 is 0. The molecule has 1 aliphatic rings. The van der Waals surface area contributed by atoms with Gasteiger partial charge in [-0.25, -0.2) is 0 Å². The van der Waals surface area contributed by atoms with Gasteiger partial charge in [-0.3, -0.25) is 9.78 Å². The quantitative estimate of drug-likeness (QED) is 0.635. The first kappa shape index (κ1) is 22.1. The molecule has 2 atom stereocenters. The summed E-state index contributed by atoms with van der Waals surface area (Å²) in [5.74, 6) is -4.95. The fourth-order valence-corrected chi connectivity index (χ4v) is 3.81. The summed E-state index contributed by atoms with van der Waals surface area (Å²) in [5.41, 5.74) is 1.88. The summed E-state index contributed by atoms with van der Waals surface area (Å²) in [7, 11) is 0. The van der Waals surface area contributed by atoms with Crippen molar-refractivity contribution in [3.8, 4) is 11.3 Å². The van der Waals surface area contributed by atoms with Gasteiger partial charge in [-0.05, 0) is 38.3 Å². The summed E-state index contributed by atoms with van der Waals surface area (Å²) < 4.78 is 78.7. The van der Waals surface area contributed by atoms with Crippen LogP contribution in [0.4, 0.5) is 26.3 Å². The topological polar surface area (TPSA) is 42.0 Å². The number of hydrogen-bond acceptors (Lipinski definition) is 2. The molecule has 0 radical (unpaired) electrons. The maximum Gasteiger partial charge on any atom is 0.391 e. The number of halogens is 6. The fourth-order valence-electron chi connectivity index (χ4n) is 3.81. The molecule has 3 nitrogen and oxygen atoms in total. The van der Waals surface area contributed by atoms with E-state index in [2.05, 4.69) is 10.3 Å². The highest BCUT2D eigenvalue weighted by Crippen LogP contribution is 2.45. The highest BCUT2D eigenvalue weighted by Gasteiger charge is 2.52. The molecule has 1 aromatic carbocycles. The second kappa shape index (κ2) is 8.28. The van der Waals surface area contributed by atoms with E-state index in [1.54, 1.807) is 13.0 Å². The van der Waals surface area contributed by atoms with Crippen molar-refractivity contribution in [2.45, 2.75) is 44.6 Å². The zero-order valence-electron chi connectivity index (χ0n) is 16.0. The van der Waals surface area contributed by atoms with Crippen LogP contribution in [0.5, 0.6) is 0 Å². The van der Waals surface area contributed by atoms with E-state index in [-0.39, 0.29) is 5.56 Å². The van der Waals surface area contributed by atoms with Gasteiger partial charge in [0, 0.05) is 11.6 Å². The molecule has 0 saturated heterocycles. The van der Waals surface area contributed by atoms with Crippen LogP contribution in [0.25, 0.3) is 11.3 Å². The standard InChI is InChI=1S/C21H20F6N2O/c1-12-17(7-8-18(28-12)13-5-3-2-4-6-13)19(30)29-16-10-14(20(22,23)24)9-15(11-16)21(25,26)27/h2-8,14-16H,9-11H2,1H3,(H,29,30)/t14-,15-/m1/s1. The number of carbonyl (C=O) groups excluding carboxylic acids is 1. The van der Waals surface area contributed by atoms with Crippen molar-refractivity contribution in [3.05, 3.63) is 53.7 Å².